The number of esters is 1. The van der Waals surface area contributed by atoms with E-state index in [0.717, 1.165) is 74.8 Å². The Kier molecular flexibility index (Phi) is 12.8. The van der Waals surface area contributed by atoms with Crippen LogP contribution in [0.3, 0.4) is 0 Å². The number of rotatable bonds is 13. The van der Waals surface area contributed by atoms with E-state index < -0.39 is 11.6 Å². The molecular weight excluding hydrogens is 735 g/mol. The van der Waals surface area contributed by atoms with Gasteiger partial charge in [0.25, 0.3) is 0 Å². The third kappa shape index (κ3) is 8.53. The van der Waals surface area contributed by atoms with E-state index >= 15 is 0 Å². The highest BCUT2D eigenvalue weighted by Gasteiger charge is 2.37. The number of aryl methyl sites for hydroxylation is 2. The maximum Gasteiger partial charge on any atom is 0.410 e. The van der Waals surface area contributed by atoms with Gasteiger partial charge in [0, 0.05) is 53.6 Å². The average molecular weight is 788 g/mol. The van der Waals surface area contributed by atoms with Crippen molar-refractivity contribution in [3.05, 3.63) is 94.4 Å². The van der Waals surface area contributed by atoms with Gasteiger partial charge in [0.1, 0.15) is 17.0 Å². The van der Waals surface area contributed by atoms with Crippen LogP contribution in [0.4, 0.5) is 4.79 Å². The van der Waals surface area contributed by atoms with E-state index in [4.69, 9.17) is 42.5 Å². The molecule has 2 aromatic heterocycles. The highest BCUT2D eigenvalue weighted by Crippen LogP contribution is 2.46. The highest BCUT2D eigenvalue weighted by atomic mass is 35.5. The number of fused-ring (bicyclic) bond motifs is 2. The summed E-state index contributed by atoms with van der Waals surface area (Å²) in [5, 5.41) is 8.73. The molecular formula is C44H52Cl2N4O5. The number of piperidine rings is 1. The van der Waals surface area contributed by atoms with Crippen molar-refractivity contribution in [3.63, 3.8) is 0 Å². The molecule has 292 valence electrons. The Morgan fingerprint density at radius 2 is 1.76 bits per heavy atom. The van der Waals surface area contributed by atoms with Crippen molar-refractivity contribution in [2.24, 2.45) is 7.05 Å². The van der Waals surface area contributed by atoms with Gasteiger partial charge in [-0.15, -0.1) is 11.6 Å². The number of amides is 1. The molecule has 1 unspecified atom stereocenters. The van der Waals surface area contributed by atoms with Crippen LogP contribution in [0.25, 0.3) is 32.8 Å². The second-order valence-corrected chi connectivity index (χ2v) is 15.6. The average Bonchev–Trinajstić information content (AvgIpc) is 3.66. The molecule has 0 bridgehead atoms. The highest BCUT2D eigenvalue weighted by molar-refractivity contribution is 6.35. The molecule has 0 radical (unpaired) electrons. The smallest absolute Gasteiger partial charge is 0.410 e. The maximum atomic E-state index is 14.1. The standard InChI is InChI=1S/C44H52Cl2N4O5/c1-7-34-38(39(47-48(34)6)35-21-11-13-26-49(35)43(52)55-44(3,4)5)37-33(46)24-23-32-31(41(42(51)53-8-2)50(40(32)37)27-14-12-25-45)20-16-28-54-36-22-15-18-29-17-9-10-19-30(29)36/h9-10,12,14-15,17-19,22-24,35H,7-8,11,13,16,20-21,25-28H2,1-6H3/b14-12-. The number of allylic oxidation sites excluding steroid dienone is 2. The van der Waals surface area contributed by atoms with Gasteiger partial charge in [-0.05, 0) is 89.3 Å². The predicted molar refractivity (Wildman–Crippen MR) is 222 cm³/mol. The van der Waals surface area contributed by atoms with Crippen LogP contribution in [0.2, 0.25) is 5.02 Å². The number of carbonyl (C=O) groups is 2. The molecule has 5 aromatic rings. The molecule has 1 aliphatic rings. The summed E-state index contributed by atoms with van der Waals surface area (Å²) in [6.45, 7) is 11.2. The number of halogens is 2. The zero-order valence-corrected chi connectivity index (χ0v) is 34.3. The Hall–Kier alpha value is -4.47. The molecule has 0 aliphatic carbocycles. The third-order valence-electron chi connectivity index (χ3n) is 10.1. The maximum absolute atomic E-state index is 14.1. The van der Waals surface area contributed by atoms with Crippen molar-refractivity contribution in [3.8, 4) is 16.9 Å². The lowest BCUT2D eigenvalue weighted by Crippen LogP contribution is -2.42. The number of likely N-dealkylation sites (tertiary alicyclic amines) is 1. The van der Waals surface area contributed by atoms with Crippen LogP contribution in [-0.4, -0.2) is 62.5 Å². The summed E-state index contributed by atoms with van der Waals surface area (Å²) in [5.74, 6) is 0.746. The number of nitrogens with zero attached hydrogens (tertiary/aromatic N) is 4. The van der Waals surface area contributed by atoms with Gasteiger partial charge < -0.3 is 18.8 Å². The topological polar surface area (TPSA) is 87.8 Å². The van der Waals surface area contributed by atoms with Crippen molar-refractivity contribution >= 4 is 56.9 Å². The molecule has 0 N–H and O–H groups in total. The van der Waals surface area contributed by atoms with Crippen molar-refractivity contribution < 1.29 is 23.8 Å². The van der Waals surface area contributed by atoms with Gasteiger partial charge in [-0.2, -0.15) is 5.10 Å². The first kappa shape index (κ1) is 40.2. The third-order valence-corrected chi connectivity index (χ3v) is 10.6. The van der Waals surface area contributed by atoms with Gasteiger partial charge in [0.15, 0.2) is 0 Å². The Morgan fingerprint density at radius 1 is 0.982 bits per heavy atom. The van der Waals surface area contributed by atoms with E-state index in [0.29, 0.717) is 55.6 Å². The van der Waals surface area contributed by atoms with Crippen LogP contribution < -0.4 is 4.74 Å². The molecule has 11 heteroatoms. The van der Waals surface area contributed by atoms with E-state index in [1.54, 1.807) is 0 Å². The van der Waals surface area contributed by atoms with Crippen LogP contribution in [0.5, 0.6) is 5.75 Å². The Labute approximate surface area is 334 Å². The lowest BCUT2D eigenvalue weighted by Gasteiger charge is -2.36. The monoisotopic (exact) mass is 786 g/mol. The number of alkyl halides is 1. The number of aromatic nitrogens is 3. The largest absolute Gasteiger partial charge is 0.493 e. The predicted octanol–water partition coefficient (Wildman–Crippen LogP) is 10.9. The van der Waals surface area contributed by atoms with E-state index in [1.165, 1.54) is 0 Å². The van der Waals surface area contributed by atoms with Crippen molar-refractivity contribution in [2.45, 2.75) is 91.3 Å². The molecule has 55 heavy (non-hydrogen) atoms. The number of ether oxygens (including phenoxy) is 3. The normalized spacial score (nSPS) is 15.0. The minimum atomic E-state index is -0.646. The molecule has 1 atom stereocenters. The summed E-state index contributed by atoms with van der Waals surface area (Å²) in [5.41, 5.74) is 4.90. The summed E-state index contributed by atoms with van der Waals surface area (Å²) in [7, 11) is 1.94. The molecule has 9 nitrogen and oxygen atoms in total. The zero-order valence-electron chi connectivity index (χ0n) is 32.8. The van der Waals surface area contributed by atoms with E-state index in [1.807, 2.05) is 97.4 Å². The Balaban J connectivity index is 1.51. The summed E-state index contributed by atoms with van der Waals surface area (Å²) >= 11 is 13.4. The zero-order chi connectivity index (χ0) is 39.3. The summed E-state index contributed by atoms with van der Waals surface area (Å²) < 4.78 is 21.9. The van der Waals surface area contributed by atoms with E-state index in [-0.39, 0.29) is 18.7 Å². The van der Waals surface area contributed by atoms with Crippen LogP contribution >= 0.6 is 23.2 Å². The second kappa shape index (κ2) is 17.5. The summed E-state index contributed by atoms with van der Waals surface area (Å²) in [6, 6.07) is 17.8. The van der Waals surface area contributed by atoms with Gasteiger partial charge in [0.05, 0.1) is 35.5 Å². The Morgan fingerprint density at radius 3 is 2.51 bits per heavy atom. The number of carbonyl (C=O) groups excluding carboxylic acids is 2. The van der Waals surface area contributed by atoms with Gasteiger partial charge in [-0.1, -0.05) is 73.1 Å². The number of benzene rings is 3. The second-order valence-electron chi connectivity index (χ2n) is 14.9. The molecule has 1 fully saturated rings. The van der Waals surface area contributed by atoms with Crippen molar-refractivity contribution in [1.29, 1.82) is 0 Å². The van der Waals surface area contributed by atoms with Crippen LogP contribution in [0, 0.1) is 0 Å². The number of hydrogen-bond acceptors (Lipinski definition) is 6. The lowest BCUT2D eigenvalue weighted by atomic mass is 9.91. The fourth-order valence-corrected chi connectivity index (χ4v) is 8.22. The quantitative estimate of drug-likeness (QED) is 0.0511. The van der Waals surface area contributed by atoms with Gasteiger partial charge in [-0.25, -0.2) is 9.59 Å². The first-order valence-electron chi connectivity index (χ1n) is 19.4. The van der Waals surface area contributed by atoms with Gasteiger partial charge in [0.2, 0.25) is 0 Å². The molecule has 6 rings (SSSR count). The first-order valence-corrected chi connectivity index (χ1v) is 20.3. The van der Waals surface area contributed by atoms with Crippen LogP contribution in [-0.2, 0) is 35.9 Å². The molecule has 1 amide bonds. The molecule has 1 saturated heterocycles. The molecule has 0 saturated carbocycles. The van der Waals surface area contributed by atoms with Crippen molar-refractivity contribution in [2.75, 3.05) is 25.6 Å². The van der Waals surface area contributed by atoms with E-state index in [9.17, 15) is 9.59 Å². The fraction of sp³-hybridized carbons (Fsp3) is 0.432. The SMILES string of the molecule is CCOC(=O)c1c(CCCOc2cccc3ccccc23)c2ccc(Cl)c(-c3c(C4CCCCN4C(=O)OC(C)(C)C)nn(C)c3CC)c2n1C/C=C\CCl. The fourth-order valence-electron chi connectivity index (χ4n) is 7.84. The van der Waals surface area contributed by atoms with Crippen LogP contribution in [0.1, 0.15) is 93.8 Å². The summed E-state index contributed by atoms with van der Waals surface area (Å²) in [4.78, 5) is 29.6. The molecule has 1 aliphatic heterocycles. The van der Waals surface area contributed by atoms with Crippen molar-refractivity contribution in [1.82, 2.24) is 19.2 Å². The van der Waals surface area contributed by atoms with E-state index in [2.05, 4.69) is 25.1 Å². The molecule has 0 spiro atoms. The van der Waals surface area contributed by atoms with Gasteiger partial charge in [-0.3, -0.25) is 9.58 Å². The number of hydrogen-bond donors (Lipinski definition) is 0. The first-order chi connectivity index (χ1) is 26.5. The van der Waals surface area contributed by atoms with Gasteiger partial charge >= 0.3 is 12.1 Å². The lowest BCUT2D eigenvalue weighted by molar-refractivity contribution is 0.00898. The Bertz CT molecular complexity index is 2190. The minimum Gasteiger partial charge on any atom is -0.493 e. The van der Waals surface area contributed by atoms with Crippen LogP contribution in [0.15, 0.2) is 66.7 Å². The minimum absolute atomic E-state index is 0.226. The molecule has 3 aromatic carbocycles. The molecule has 3 heterocycles. The summed E-state index contributed by atoms with van der Waals surface area (Å²) in [6.07, 6.45) is 7.90.